The lowest BCUT2D eigenvalue weighted by molar-refractivity contribution is -0.137. The Kier molecular flexibility index (Phi) is 7.27. The Morgan fingerprint density at radius 2 is 1.58 bits per heavy atom. The van der Waals surface area contributed by atoms with Crippen LogP contribution in [0.1, 0.15) is 17.5 Å². The third kappa shape index (κ3) is 6.27. The van der Waals surface area contributed by atoms with Gasteiger partial charge in [0.2, 0.25) is 11.8 Å². The molecule has 31 heavy (non-hydrogen) atoms. The van der Waals surface area contributed by atoms with Gasteiger partial charge in [0, 0.05) is 32.6 Å². The lowest BCUT2D eigenvalue weighted by Gasteiger charge is -2.34. The second kappa shape index (κ2) is 9.91. The molecule has 1 fully saturated rings. The van der Waals surface area contributed by atoms with Crippen molar-refractivity contribution in [3.05, 3.63) is 65.5 Å². The first-order valence-electron chi connectivity index (χ1n) is 9.93. The molecule has 0 radical (unpaired) electrons. The van der Waals surface area contributed by atoms with Crippen LogP contribution in [-0.2, 0) is 22.2 Å². The molecule has 0 aromatic heterocycles. The summed E-state index contributed by atoms with van der Waals surface area (Å²) in [5, 5.41) is 2.33. The predicted octanol–water partition coefficient (Wildman–Crippen LogP) is 3.56. The fourth-order valence-electron chi connectivity index (χ4n) is 3.49. The van der Waals surface area contributed by atoms with Crippen molar-refractivity contribution in [3.63, 3.8) is 0 Å². The molecule has 0 atom stereocenters. The Morgan fingerprint density at radius 3 is 2.26 bits per heavy atom. The van der Waals surface area contributed by atoms with Gasteiger partial charge in [-0.2, -0.15) is 13.2 Å². The molecule has 2 aromatic rings. The summed E-state index contributed by atoms with van der Waals surface area (Å²) in [6.07, 6.45) is -4.05. The molecule has 5 nitrogen and oxygen atoms in total. The van der Waals surface area contributed by atoms with Gasteiger partial charge >= 0.3 is 6.18 Å². The second-order valence-electron chi connectivity index (χ2n) is 7.34. The Labute approximate surface area is 177 Å². The molecule has 1 N–H and O–H groups in total. The van der Waals surface area contributed by atoms with Crippen LogP contribution in [0.3, 0.4) is 0 Å². The summed E-state index contributed by atoms with van der Waals surface area (Å²) in [5.41, 5.74) is -0.680. The highest BCUT2D eigenvalue weighted by Crippen LogP contribution is 2.34. The molecule has 9 heteroatoms. The van der Waals surface area contributed by atoms with E-state index in [1.54, 1.807) is 28.0 Å². The molecule has 0 unspecified atom stereocenters. The SMILES string of the molecule is O=C(CN1CCN(C(=O)CCc2ccccc2F)CC1)Nc1ccccc1C(F)(F)F. The first kappa shape index (κ1) is 22.7. The molecular weight excluding hydrogens is 414 g/mol. The fourth-order valence-corrected chi connectivity index (χ4v) is 3.49. The molecular formula is C22H23F4N3O2. The zero-order valence-electron chi connectivity index (χ0n) is 16.8. The van der Waals surface area contributed by atoms with Crippen LogP contribution in [0.15, 0.2) is 48.5 Å². The van der Waals surface area contributed by atoms with Gasteiger partial charge < -0.3 is 10.2 Å². The normalized spacial score (nSPS) is 15.0. The van der Waals surface area contributed by atoms with E-state index in [2.05, 4.69) is 5.32 Å². The number of carbonyl (C=O) groups excluding carboxylic acids is 2. The topological polar surface area (TPSA) is 52.7 Å². The van der Waals surface area contributed by atoms with Crippen molar-refractivity contribution in [2.24, 2.45) is 0 Å². The van der Waals surface area contributed by atoms with Crippen molar-refractivity contribution in [2.45, 2.75) is 19.0 Å². The highest BCUT2D eigenvalue weighted by Gasteiger charge is 2.33. The quantitative estimate of drug-likeness (QED) is 0.704. The Morgan fingerprint density at radius 1 is 0.935 bits per heavy atom. The number of anilines is 1. The van der Waals surface area contributed by atoms with E-state index < -0.39 is 17.6 Å². The molecule has 1 heterocycles. The van der Waals surface area contributed by atoms with E-state index in [1.807, 2.05) is 0 Å². The molecule has 166 valence electrons. The number of rotatable bonds is 6. The summed E-state index contributed by atoms with van der Waals surface area (Å²) in [7, 11) is 0. The minimum absolute atomic E-state index is 0.0660. The van der Waals surface area contributed by atoms with Crippen molar-refractivity contribution in [2.75, 3.05) is 38.0 Å². The minimum atomic E-state index is -4.56. The van der Waals surface area contributed by atoms with Gasteiger partial charge in [-0.25, -0.2) is 4.39 Å². The van der Waals surface area contributed by atoms with Crippen molar-refractivity contribution in [1.82, 2.24) is 9.80 Å². The standard InChI is InChI=1S/C22H23F4N3O2/c23-18-7-3-1-5-16(18)9-10-21(31)29-13-11-28(12-14-29)15-20(30)27-19-8-4-2-6-17(19)22(24,25)26/h1-8H,9-15H2,(H,27,30). The largest absolute Gasteiger partial charge is 0.418 e. The van der Waals surface area contributed by atoms with Gasteiger partial charge in [-0.3, -0.25) is 14.5 Å². The Balaban J connectivity index is 1.45. The number of aryl methyl sites for hydroxylation is 1. The van der Waals surface area contributed by atoms with Crippen LogP contribution >= 0.6 is 0 Å². The number of benzene rings is 2. The molecule has 2 amide bonds. The number of hydrogen-bond donors (Lipinski definition) is 1. The summed E-state index contributed by atoms with van der Waals surface area (Å²) in [5.74, 6) is -0.972. The Hall–Kier alpha value is -2.94. The number of alkyl halides is 3. The average Bonchev–Trinajstić information content (AvgIpc) is 2.73. The summed E-state index contributed by atoms with van der Waals surface area (Å²) >= 11 is 0. The van der Waals surface area contributed by atoms with E-state index in [0.717, 1.165) is 6.07 Å². The van der Waals surface area contributed by atoms with Crippen LogP contribution in [0.25, 0.3) is 0 Å². The average molecular weight is 437 g/mol. The van der Waals surface area contributed by atoms with Gasteiger partial charge in [0.1, 0.15) is 5.82 Å². The minimum Gasteiger partial charge on any atom is -0.340 e. The second-order valence-corrected chi connectivity index (χ2v) is 7.34. The fraction of sp³-hybridized carbons (Fsp3) is 0.364. The summed E-state index contributed by atoms with van der Waals surface area (Å²) < 4.78 is 52.8. The molecule has 1 saturated heterocycles. The number of piperazine rings is 1. The van der Waals surface area contributed by atoms with E-state index in [-0.39, 0.29) is 30.4 Å². The highest BCUT2D eigenvalue weighted by molar-refractivity contribution is 5.93. The summed E-state index contributed by atoms with van der Waals surface area (Å²) in [4.78, 5) is 28.1. The van der Waals surface area contributed by atoms with Crippen molar-refractivity contribution in [1.29, 1.82) is 0 Å². The maximum absolute atomic E-state index is 13.7. The van der Waals surface area contributed by atoms with Gasteiger partial charge in [0.05, 0.1) is 17.8 Å². The third-order valence-electron chi connectivity index (χ3n) is 5.16. The smallest absolute Gasteiger partial charge is 0.340 e. The van der Waals surface area contributed by atoms with Crippen LogP contribution in [0, 0.1) is 5.82 Å². The van der Waals surface area contributed by atoms with Crippen molar-refractivity contribution in [3.8, 4) is 0 Å². The zero-order valence-corrected chi connectivity index (χ0v) is 16.8. The number of para-hydroxylation sites is 1. The maximum Gasteiger partial charge on any atom is 0.418 e. The number of nitrogens with one attached hydrogen (secondary N) is 1. The summed E-state index contributed by atoms with van der Waals surface area (Å²) in [6, 6.07) is 11.1. The molecule has 3 rings (SSSR count). The lowest BCUT2D eigenvalue weighted by atomic mass is 10.1. The summed E-state index contributed by atoms with van der Waals surface area (Å²) in [6.45, 7) is 1.61. The maximum atomic E-state index is 13.7. The lowest BCUT2D eigenvalue weighted by Crippen LogP contribution is -2.50. The van der Waals surface area contributed by atoms with Gasteiger partial charge in [0.25, 0.3) is 0 Å². The monoisotopic (exact) mass is 437 g/mol. The predicted molar refractivity (Wildman–Crippen MR) is 108 cm³/mol. The number of carbonyl (C=O) groups is 2. The van der Waals surface area contributed by atoms with Crippen molar-refractivity contribution >= 4 is 17.5 Å². The molecule has 0 spiro atoms. The number of hydrogen-bond acceptors (Lipinski definition) is 3. The molecule has 0 saturated carbocycles. The van der Waals surface area contributed by atoms with Crippen LogP contribution in [0.2, 0.25) is 0 Å². The third-order valence-corrected chi connectivity index (χ3v) is 5.16. The van der Waals surface area contributed by atoms with Gasteiger partial charge in [0.15, 0.2) is 0 Å². The first-order valence-corrected chi connectivity index (χ1v) is 9.93. The van der Waals surface area contributed by atoms with E-state index in [1.165, 1.54) is 24.3 Å². The molecule has 1 aliphatic rings. The van der Waals surface area contributed by atoms with Crippen LogP contribution < -0.4 is 5.32 Å². The van der Waals surface area contributed by atoms with E-state index in [0.29, 0.717) is 38.2 Å². The first-order chi connectivity index (χ1) is 14.7. The van der Waals surface area contributed by atoms with Crippen LogP contribution in [0.4, 0.5) is 23.2 Å². The highest BCUT2D eigenvalue weighted by atomic mass is 19.4. The zero-order chi connectivity index (χ0) is 22.4. The molecule has 0 aliphatic carbocycles. The molecule has 0 bridgehead atoms. The number of amides is 2. The van der Waals surface area contributed by atoms with Crippen LogP contribution in [-0.4, -0.2) is 54.3 Å². The van der Waals surface area contributed by atoms with E-state index >= 15 is 0 Å². The van der Waals surface area contributed by atoms with E-state index in [4.69, 9.17) is 0 Å². The molecule has 2 aromatic carbocycles. The van der Waals surface area contributed by atoms with E-state index in [9.17, 15) is 27.2 Å². The number of halogens is 4. The van der Waals surface area contributed by atoms with Gasteiger partial charge in [-0.15, -0.1) is 0 Å². The van der Waals surface area contributed by atoms with Crippen molar-refractivity contribution < 1.29 is 27.2 Å². The van der Waals surface area contributed by atoms with Gasteiger partial charge in [-0.05, 0) is 30.2 Å². The van der Waals surface area contributed by atoms with Gasteiger partial charge in [-0.1, -0.05) is 30.3 Å². The Bertz CT molecular complexity index is 925. The number of nitrogens with zero attached hydrogens (tertiary/aromatic N) is 2. The van der Waals surface area contributed by atoms with Crippen LogP contribution in [0.5, 0.6) is 0 Å². The molecule has 1 aliphatic heterocycles.